The van der Waals surface area contributed by atoms with Gasteiger partial charge >= 0.3 is 5.97 Å². The first kappa shape index (κ1) is 16.9. The minimum absolute atomic E-state index is 0.316. The van der Waals surface area contributed by atoms with Crippen LogP contribution in [0.25, 0.3) is 0 Å². The Balaban J connectivity index is 1.77. The number of nitrogens with one attached hydrogen (secondary N) is 1. The van der Waals surface area contributed by atoms with Gasteiger partial charge in [-0.05, 0) is 43.5 Å². The van der Waals surface area contributed by atoms with Crippen LogP contribution in [0.4, 0.5) is 5.69 Å². The first-order valence-corrected chi connectivity index (χ1v) is 7.82. The summed E-state index contributed by atoms with van der Waals surface area (Å²) < 4.78 is 10.5. The summed E-state index contributed by atoms with van der Waals surface area (Å²) in [7, 11) is 1.40. The number of hydrogen-bond donors (Lipinski definition) is 1. The van der Waals surface area contributed by atoms with Gasteiger partial charge in [0.15, 0.2) is 0 Å². The smallest absolute Gasteiger partial charge is 0.339 e. The second-order valence-electron chi connectivity index (χ2n) is 5.28. The molecule has 23 heavy (non-hydrogen) atoms. The SMILES string of the molecule is COC(=O)c1cccc(C)c1NCCCCOc1ccccc1. The predicted octanol–water partition coefficient (Wildman–Crippen LogP) is 4.05. The van der Waals surface area contributed by atoms with Gasteiger partial charge in [-0.3, -0.25) is 0 Å². The molecule has 0 atom stereocenters. The minimum atomic E-state index is -0.316. The number of carbonyl (C=O) groups is 1. The van der Waals surface area contributed by atoms with Gasteiger partial charge in [-0.25, -0.2) is 4.79 Å². The van der Waals surface area contributed by atoms with Gasteiger partial charge in [0.25, 0.3) is 0 Å². The predicted molar refractivity (Wildman–Crippen MR) is 92.2 cm³/mol. The van der Waals surface area contributed by atoms with E-state index in [-0.39, 0.29) is 5.97 Å². The van der Waals surface area contributed by atoms with Crippen molar-refractivity contribution in [3.63, 3.8) is 0 Å². The average Bonchev–Trinajstić information content (AvgIpc) is 2.59. The first-order valence-electron chi connectivity index (χ1n) is 7.82. The van der Waals surface area contributed by atoms with Crippen molar-refractivity contribution in [1.82, 2.24) is 0 Å². The standard InChI is InChI=1S/C19H23NO3/c1-15-9-8-12-17(19(21)22-2)18(15)20-13-6-7-14-23-16-10-4-3-5-11-16/h3-5,8-12,20H,6-7,13-14H2,1-2H3. The third kappa shape index (κ3) is 5.02. The van der Waals surface area contributed by atoms with Gasteiger partial charge in [-0.15, -0.1) is 0 Å². The lowest BCUT2D eigenvalue weighted by atomic mass is 10.1. The number of rotatable bonds is 8. The van der Waals surface area contributed by atoms with E-state index in [1.54, 1.807) is 6.07 Å². The molecule has 2 aromatic carbocycles. The molecule has 1 N–H and O–H groups in total. The minimum Gasteiger partial charge on any atom is -0.494 e. The van der Waals surface area contributed by atoms with Crippen molar-refractivity contribution in [2.24, 2.45) is 0 Å². The lowest BCUT2D eigenvalue weighted by Crippen LogP contribution is -2.11. The Morgan fingerprint density at radius 3 is 2.57 bits per heavy atom. The highest BCUT2D eigenvalue weighted by atomic mass is 16.5. The fraction of sp³-hybridized carbons (Fsp3) is 0.316. The molecule has 0 heterocycles. The van der Waals surface area contributed by atoms with Crippen molar-refractivity contribution in [2.45, 2.75) is 19.8 Å². The van der Waals surface area contributed by atoms with Crippen LogP contribution >= 0.6 is 0 Å². The van der Waals surface area contributed by atoms with E-state index in [0.29, 0.717) is 12.2 Å². The Morgan fingerprint density at radius 1 is 1.04 bits per heavy atom. The number of benzene rings is 2. The van der Waals surface area contributed by atoms with E-state index in [2.05, 4.69) is 5.32 Å². The quantitative estimate of drug-likeness (QED) is 0.590. The summed E-state index contributed by atoms with van der Waals surface area (Å²) in [5, 5.41) is 3.34. The van der Waals surface area contributed by atoms with Gasteiger partial charge in [0, 0.05) is 6.54 Å². The van der Waals surface area contributed by atoms with Crippen molar-refractivity contribution in [1.29, 1.82) is 0 Å². The fourth-order valence-electron chi connectivity index (χ4n) is 2.33. The molecular weight excluding hydrogens is 290 g/mol. The Labute approximate surface area is 137 Å². The summed E-state index contributed by atoms with van der Waals surface area (Å²) >= 11 is 0. The lowest BCUT2D eigenvalue weighted by Gasteiger charge is -2.13. The topological polar surface area (TPSA) is 47.6 Å². The number of carbonyl (C=O) groups excluding carboxylic acids is 1. The summed E-state index contributed by atoms with van der Waals surface area (Å²) in [6, 6.07) is 15.4. The molecule has 0 radical (unpaired) electrons. The molecule has 2 rings (SSSR count). The molecule has 0 saturated heterocycles. The summed E-state index contributed by atoms with van der Waals surface area (Å²) in [5.74, 6) is 0.580. The van der Waals surface area contributed by atoms with Crippen LogP contribution in [-0.4, -0.2) is 26.2 Å². The summed E-state index contributed by atoms with van der Waals surface area (Å²) in [5.41, 5.74) is 2.46. The number of methoxy groups -OCH3 is 1. The molecule has 0 aromatic heterocycles. The van der Waals surface area contributed by atoms with Crippen LogP contribution in [0.3, 0.4) is 0 Å². The zero-order valence-corrected chi connectivity index (χ0v) is 13.7. The van der Waals surface area contributed by atoms with Crippen LogP contribution in [0, 0.1) is 6.92 Å². The van der Waals surface area contributed by atoms with Crippen molar-refractivity contribution < 1.29 is 14.3 Å². The molecule has 4 heteroatoms. The third-order valence-electron chi connectivity index (χ3n) is 3.56. The molecule has 0 unspecified atom stereocenters. The van der Waals surface area contributed by atoms with E-state index in [9.17, 15) is 4.79 Å². The maximum atomic E-state index is 11.8. The van der Waals surface area contributed by atoms with E-state index < -0.39 is 0 Å². The summed E-state index contributed by atoms with van der Waals surface area (Å²) in [6.07, 6.45) is 1.91. The number of ether oxygens (including phenoxy) is 2. The highest BCUT2D eigenvalue weighted by Crippen LogP contribution is 2.21. The number of esters is 1. The number of para-hydroxylation sites is 2. The largest absolute Gasteiger partial charge is 0.494 e. The fourth-order valence-corrected chi connectivity index (χ4v) is 2.33. The van der Waals surface area contributed by atoms with E-state index in [1.807, 2.05) is 49.4 Å². The van der Waals surface area contributed by atoms with Gasteiger partial charge in [-0.1, -0.05) is 30.3 Å². The Bertz CT molecular complexity index is 626. The highest BCUT2D eigenvalue weighted by molar-refractivity contribution is 5.96. The van der Waals surface area contributed by atoms with Crippen LogP contribution in [0.5, 0.6) is 5.75 Å². The molecule has 0 aliphatic rings. The van der Waals surface area contributed by atoms with E-state index >= 15 is 0 Å². The first-order chi connectivity index (χ1) is 11.2. The van der Waals surface area contributed by atoms with Crippen LogP contribution in [0.15, 0.2) is 48.5 Å². The molecule has 0 fully saturated rings. The molecule has 0 spiro atoms. The number of anilines is 1. The highest BCUT2D eigenvalue weighted by Gasteiger charge is 2.12. The maximum Gasteiger partial charge on any atom is 0.339 e. The van der Waals surface area contributed by atoms with E-state index in [0.717, 1.165) is 36.4 Å². The van der Waals surface area contributed by atoms with Crippen molar-refractivity contribution in [2.75, 3.05) is 25.6 Å². The molecule has 4 nitrogen and oxygen atoms in total. The Kier molecular flexibility index (Phi) is 6.48. The normalized spacial score (nSPS) is 10.2. The van der Waals surface area contributed by atoms with Crippen molar-refractivity contribution in [3.8, 4) is 5.75 Å². The van der Waals surface area contributed by atoms with Crippen LogP contribution < -0.4 is 10.1 Å². The van der Waals surface area contributed by atoms with Gasteiger partial charge in [-0.2, -0.15) is 0 Å². The molecule has 0 bridgehead atoms. The van der Waals surface area contributed by atoms with E-state index in [1.165, 1.54) is 7.11 Å². The molecule has 2 aromatic rings. The lowest BCUT2D eigenvalue weighted by molar-refractivity contribution is 0.0601. The van der Waals surface area contributed by atoms with Crippen molar-refractivity contribution in [3.05, 3.63) is 59.7 Å². The molecule has 122 valence electrons. The molecule has 0 aliphatic carbocycles. The summed E-state index contributed by atoms with van der Waals surface area (Å²) in [4.78, 5) is 11.8. The molecule has 0 saturated carbocycles. The molecular formula is C19H23NO3. The number of aryl methyl sites for hydroxylation is 1. The van der Waals surface area contributed by atoms with Gasteiger partial charge < -0.3 is 14.8 Å². The second kappa shape index (κ2) is 8.83. The third-order valence-corrected chi connectivity index (χ3v) is 3.56. The monoisotopic (exact) mass is 313 g/mol. The zero-order chi connectivity index (χ0) is 16.5. The Hall–Kier alpha value is -2.49. The van der Waals surface area contributed by atoms with Crippen LogP contribution in [0.2, 0.25) is 0 Å². The van der Waals surface area contributed by atoms with Gasteiger partial charge in [0.1, 0.15) is 5.75 Å². The molecule has 0 amide bonds. The van der Waals surface area contributed by atoms with Gasteiger partial charge in [0.2, 0.25) is 0 Å². The van der Waals surface area contributed by atoms with Crippen LogP contribution in [-0.2, 0) is 4.74 Å². The second-order valence-corrected chi connectivity index (χ2v) is 5.28. The summed E-state index contributed by atoms with van der Waals surface area (Å²) in [6.45, 7) is 3.45. The molecule has 0 aliphatic heterocycles. The van der Waals surface area contributed by atoms with Gasteiger partial charge in [0.05, 0.1) is 25.0 Å². The average molecular weight is 313 g/mol. The number of hydrogen-bond acceptors (Lipinski definition) is 4. The maximum absolute atomic E-state index is 11.8. The van der Waals surface area contributed by atoms with E-state index in [4.69, 9.17) is 9.47 Å². The van der Waals surface area contributed by atoms with Crippen LogP contribution in [0.1, 0.15) is 28.8 Å². The Morgan fingerprint density at radius 2 is 1.83 bits per heavy atom. The zero-order valence-electron chi connectivity index (χ0n) is 13.7. The number of unbranched alkanes of at least 4 members (excludes halogenated alkanes) is 1. The van der Waals surface area contributed by atoms with Crippen molar-refractivity contribution >= 4 is 11.7 Å².